The van der Waals surface area contributed by atoms with E-state index < -0.39 is 9.84 Å². The van der Waals surface area contributed by atoms with E-state index in [1.807, 2.05) is 18.2 Å². The van der Waals surface area contributed by atoms with Crippen molar-refractivity contribution in [1.29, 1.82) is 5.26 Å². The first-order valence-corrected chi connectivity index (χ1v) is 12.0. The van der Waals surface area contributed by atoms with Gasteiger partial charge in [-0.1, -0.05) is 12.8 Å². The van der Waals surface area contributed by atoms with Gasteiger partial charge in [0, 0.05) is 37.8 Å². The van der Waals surface area contributed by atoms with E-state index in [1.54, 1.807) is 12.1 Å². The molecular weight excluding hydrogens is 388 g/mol. The zero-order chi connectivity index (χ0) is 20.9. The third-order valence-electron chi connectivity index (χ3n) is 6.09. The number of rotatable bonds is 6. The fourth-order valence-electron chi connectivity index (χ4n) is 4.32. The number of likely N-dealkylation sites (N-methyl/N-ethyl adjacent to an activating group) is 1. The van der Waals surface area contributed by atoms with Gasteiger partial charge in [0.2, 0.25) is 5.91 Å². The number of amides is 1. The topological polar surface area (TPSA) is 93.5 Å². The van der Waals surface area contributed by atoms with Crippen molar-refractivity contribution < 1.29 is 13.2 Å². The first-order chi connectivity index (χ1) is 13.9. The molecule has 0 aromatic heterocycles. The Hall–Kier alpha value is -2.11. The third kappa shape index (κ3) is 5.49. The molecule has 0 radical (unpaired) electrons. The number of carbonyl (C=O) groups excluding carboxylic acids is 1. The minimum atomic E-state index is -3.47. The zero-order valence-electron chi connectivity index (χ0n) is 17.0. The number of carbonyl (C=O) groups is 1. The van der Waals surface area contributed by atoms with Gasteiger partial charge in [0.05, 0.1) is 16.7 Å². The highest BCUT2D eigenvalue weighted by atomic mass is 32.2. The second-order valence-electron chi connectivity index (χ2n) is 8.09. The van der Waals surface area contributed by atoms with Crippen LogP contribution in [0.2, 0.25) is 0 Å². The van der Waals surface area contributed by atoms with Crippen molar-refractivity contribution in [1.82, 2.24) is 10.2 Å². The van der Waals surface area contributed by atoms with Gasteiger partial charge in [-0.3, -0.25) is 4.79 Å². The van der Waals surface area contributed by atoms with Gasteiger partial charge in [-0.2, -0.15) is 5.26 Å². The van der Waals surface area contributed by atoms with Crippen LogP contribution < -0.4 is 10.2 Å². The van der Waals surface area contributed by atoms with E-state index in [2.05, 4.69) is 22.2 Å². The van der Waals surface area contributed by atoms with Crippen molar-refractivity contribution in [3.05, 3.63) is 24.3 Å². The van der Waals surface area contributed by atoms with E-state index in [0.29, 0.717) is 11.3 Å². The summed E-state index contributed by atoms with van der Waals surface area (Å²) < 4.78 is 26.0. The Kier molecular flexibility index (Phi) is 7.14. The van der Waals surface area contributed by atoms with Gasteiger partial charge in [0.1, 0.15) is 6.54 Å². The standard InChI is InChI=1S/C21H30N4O3S/c1-24-12-14-25(15-13-24)18-6-8-19(9-7-18)29(27,28)16-17-4-2-3-5-20(17)21(26)23-11-10-22/h6-9,17,20H,2-5,11-16H2,1H3,(H,23,26)/t17-,20+/m1/s1. The lowest BCUT2D eigenvalue weighted by Crippen LogP contribution is -2.44. The monoisotopic (exact) mass is 418 g/mol. The SMILES string of the molecule is CN1CCN(c2ccc(S(=O)(=O)C[C@H]3CCCC[C@@H]3C(=O)NCC#N)cc2)CC1. The molecule has 1 N–H and O–H groups in total. The minimum Gasteiger partial charge on any atom is -0.369 e. The molecule has 1 saturated carbocycles. The molecule has 7 nitrogen and oxygen atoms in total. The molecule has 158 valence electrons. The summed E-state index contributed by atoms with van der Waals surface area (Å²) >= 11 is 0. The van der Waals surface area contributed by atoms with Gasteiger partial charge < -0.3 is 15.1 Å². The van der Waals surface area contributed by atoms with Gasteiger partial charge >= 0.3 is 0 Å². The molecule has 2 atom stereocenters. The number of piperazine rings is 1. The van der Waals surface area contributed by atoms with E-state index >= 15 is 0 Å². The van der Waals surface area contributed by atoms with Crippen LogP contribution in [0.4, 0.5) is 5.69 Å². The lowest BCUT2D eigenvalue weighted by atomic mass is 9.80. The van der Waals surface area contributed by atoms with E-state index in [4.69, 9.17) is 5.26 Å². The molecule has 3 rings (SSSR count). The molecule has 2 aliphatic rings. The van der Waals surface area contributed by atoms with E-state index in [0.717, 1.165) is 51.1 Å². The van der Waals surface area contributed by atoms with Crippen LogP contribution in [-0.2, 0) is 14.6 Å². The van der Waals surface area contributed by atoms with Crippen LogP contribution in [0.5, 0.6) is 0 Å². The maximum absolute atomic E-state index is 13.0. The van der Waals surface area contributed by atoms with Crippen molar-refractivity contribution in [3.8, 4) is 6.07 Å². The van der Waals surface area contributed by atoms with Crippen LogP contribution in [0.15, 0.2) is 29.2 Å². The molecule has 1 aromatic rings. The molecule has 1 aliphatic carbocycles. The van der Waals surface area contributed by atoms with Crippen LogP contribution in [0.25, 0.3) is 0 Å². The van der Waals surface area contributed by atoms with Gasteiger partial charge in [-0.05, 0) is 50.1 Å². The van der Waals surface area contributed by atoms with Crippen molar-refractivity contribution in [2.45, 2.75) is 30.6 Å². The Morgan fingerprint density at radius 3 is 2.45 bits per heavy atom. The number of sulfone groups is 1. The predicted molar refractivity (Wildman–Crippen MR) is 112 cm³/mol. The Balaban J connectivity index is 1.68. The minimum absolute atomic E-state index is 0.0223. The summed E-state index contributed by atoms with van der Waals surface area (Å²) in [6, 6.07) is 9.06. The Bertz CT molecular complexity index is 840. The maximum atomic E-state index is 13.0. The molecule has 1 heterocycles. The van der Waals surface area contributed by atoms with E-state index in [9.17, 15) is 13.2 Å². The highest BCUT2D eigenvalue weighted by Gasteiger charge is 2.34. The largest absolute Gasteiger partial charge is 0.369 e. The predicted octanol–water partition coefficient (Wildman–Crippen LogP) is 1.66. The Labute approximate surface area is 173 Å². The van der Waals surface area contributed by atoms with E-state index in [1.165, 1.54) is 0 Å². The maximum Gasteiger partial charge on any atom is 0.224 e. The average molecular weight is 419 g/mol. The number of hydrogen-bond acceptors (Lipinski definition) is 6. The molecule has 2 fully saturated rings. The molecular formula is C21H30N4O3S. The molecule has 0 spiro atoms. The quantitative estimate of drug-likeness (QED) is 0.706. The zero-order valence-corrected chi connectivity index (χ0v) is 17.8. The first kappa shape index (κ1) is 21.6. The molecule has 0 unspecified atom stereocenters. The smallest absolute Gasteiger partial charge is 0.224 e. The second-order valence-corrected chi connectivity index (χ2v) is 10.1. The highest BCUT2D eigenvalue weighted by Crippen LogP contribution is 2.33. The number of benzene rings is 1. The van der Waals surface area contributed by atoms with E-state index in [-0.39, 0.29) is 30.0 Å². The van der Waals surface area contributed by atoms with Crippen LogP contribution in [0, 0.1) is 23.2 Å². The third-order valence-corrected chi connectivity index (χ3v) is 7.94. The first-order valence-electron chi connectivity index (χ1n) is 10.3. The summed E-state index contributed by atoms with van der Waals surface area (Å²) in [4.78, 5) is 17.2. The normalized spacial score (nSPS) is 23.4. The van der Waals surface area contributed by atoms with Gasteiger partial charge in [0.25, 0.3) is 0 Å². The van der Waals surface area contributed by atoms with Crippen molar-refractivity contribution in [2.24, 2.45) is 11.8 Å². The molecule has 8 heteroatoms. The summed E-state index contributed by atoms with van der Waals surface area (Å²) in [6.45, 7) is 3.82. The summed E-state index contributed by atoms with van der Waals surface area (Å²) in [5.41, 5.74) is 1.04. The van der Waals surface area contributed by atoms with Crippen LogP contribution in [-0.4, -0.2) is 64.7 Å². The van der Waals surface area contributed by atoms with Crippen LogP contribution >= 0.6 is 0 Å². The number of nitrogens with zero attached hydrogens (tertiary/aromatic N) is 3. The highest BCUT2D eigenvalue weighted by molar-refractivity contribution is 7.91. The summed E-state index contributed by atoms with van der Waals surface area (Å²) in [7, 11) is -1.37. The Morgan fingerprint density at radius 2 is 1.79 bits per heavy atom. The average Bonchev–Trinajstić information content (AvgIpc) is 2.73. The Morgan fingerprint density at radius 1 is 1.14 bits per heavy atom. The lowest BCUT2D eigenvalue weighted by molar-refractivity contribution is -0.127. The number of hydrogen-bond donors (Lipinski definition) is 1. The fraction of sp³-hybridized carbons (Fsp3) is 0.619. The number of nitriles is 1. The lowest BCUT2D eigenvalue weighted by Gasteiger charge is -2.34. The molecule has 1 aliphatic heterocycles. The molecule has 29 heavy (non-hydrogen) atoms. The van der Waals surface area contributed by atoms with Gasteiger partial charge in [-0.15, -0.1) is 0 Å². The molecule has 1 amide bonds. The van der Waals surface area contributed by atoms with Gasteiger partial charge in [0.15, 0.2) is 9.84 Å². The summed E-state index contributed by atoms with van der Waals surface area (Å²) in [5.74, 6) is -0.760. The van der Waals surface area contributed by atoms with Crippen molar-refractivity contribution >= 4 is 21.4 Å². The van der Waals surface area contributed by atoms with Crippen molar-refractivity contribution in [3.63, 3.8) is 0 Å². The molecule has 1 aromatic carbocycles. The summed E-state index contributed by atoms with van der Waals surface area (Å²) in [6.07, 6.45) is 3.26. The van der Waals surface area contributed by atoms with Crippen LogP contribution in [0.3, 0.4) is 0 Å². The number of nitrogens with one attached hydrogen (secondary N) is 1. The van der Waals surface area contributed by atoms with Gasteiger partial charge in [-0.25, -0.2) is 8.42 Å². The second kappa shape index (κ2) is 9.59. The number of anilines is 1. The summed E-state index contributed by atoms with van der Waals surface area (Å²) in [5, 5.41) is 11.3. The van der Waals surface area contributed by atoms with Crippen molar-refractivity contribution in [2.75, 3.05) is 50.4 Å². The van der Waals surface area contributed by atoms with Crippen LogP contribution in [0.1, 0.15) is 25.7 Å². The molecule has 0 bridgehead atoms. The molecule has 1 saturated heterocycles. The fourth-order valence-corrected chi connectivity index (χ4v) is 6.02.